The van der Waals surface area contributed by atoms with Gasteiger partial charge in [-0.1, -0.05) is 27.7 Å². The highest BCUT2D eigenvalue weighted by Gasteiger charge is 2.40. The number of aromatic nitrogens is 6. The number of likely N-dealkylation sites (tertiary alicyclic amines) is 2. The number of rotatable bonds is 10. The van der Waals surface area contributed by atoms with E-state index in [1.165, 1.54) is 36.8 Å². The standard InChI is InChI=1S/C36H44N10O6S2/c1-17(2)27(43-35(49)52-6)33(47)45-11-7-9-23(45)29-37-15-21(39-29)31-41-19-13-26-20(14-25(19)53-31)42-32(54-26)22-16-38-30(40-22)24-10-8-12-46(24)34(48)28(18(3)4)44(5)36(50)51/h13-18,23-24,27-28H,7-12H2,1-6H3,(H,37,39)(H,38,40)(H,43,49)(H,50,51)/t23?,24-,27-,28-/m0/s1. The molecule has 2 aliphatic heterocycles. The highest BCUT2D eigenvalue weighted by Crippen LogP contribution is 2.39. The molecule has 286 valence electrons. The van der Waals surface area contributed by atoms with Gasteiger partial charge in [0.2, 0.25) is 11.8 Å². The summed E-state index contributed by atoms with van der Waals surface area (Å²) in [6.07, 6.45) is 4.96. The Morgan fingerprint density at radius 2 is 1.33 bits per heavy atom. The van der Waals surface area contributed by atoms with Crippen molar-refractivity contribution in [1.82, 2.24) is 49.9 Å². The fourth-order valence-electron chi connectivity index (χ4n) is 7.50. The van der Waals surface area contributed by atoms with Crippen LogP contribution in [0.2, 0.25) is 0 Å². The molecular weight excluding hydrogens is 733 g/mol. The molecule has 18 heteroatoms. The molecule has 5 aromatic rings. The third-order valence-corrected chi connectivity index (χ3v) is 12.3. The molecule has 54 heavy (non-hydrogen) atoms. The molecule has 0 spiro atoms. The molecule has 0 radical (unpaired) electrons. The van der Waals surface area contributed by atoms with Crippen molar-refractivity contribution in [3.8, 4) is 21.4 Å². The zero-order valence-corrected chi connectivity index (χ0v) is 32.6. The van der Waals surface area contributed by atoms with Crippen molar-refractivity contribution in [3.05, 3.63) is 36.2 Å². The first-order valence-corrected chi connectivity index (χ1v) is 19.7. The van der Waals surface area contributed by atoms with Crippen LogP contribution in [0.5, 0.6) is 0 Å². The molecule has 2 aliphatic rings. The number of nitrogens with zero attached hydrogens (tertiary/aromatic N) is 7. The number of hydrogen-bond acceptors (Lipinski definition) is 11. The van der Waals surface area contributed by atoms with E-state index in [1.54, 1.807) is 9.80 Å². The minimum absolute atomic E-state index is 0.122. The van der Waals surface area contributed by atoms with Crippen molar-refractivity contribution in [1.29, 1.82) is 0 Å². The van der Waals surface area contributed by atoms with Crippen molar-refractivity contribution >= 4 is 67.1 Å². The summed E-state index contributed by atoms with van der Waals surface area (Å²) in [7, 11) is 2.72. The van der Waals surface area contributed by atoms with Crippen molar-refractivity contribution in [2.45, 2.75) is 77.5 Å². The van der Waals surface area contributed by atoms with Crippen molar-refractivity contribution in [3.63, 3.8) is 0 Å². The van der Waals surface area contributed by atoms with Gasteiger partial charge in [-0.25, -0.2) is 29.5 Å². The van der Waals surface area contributed by atoms with Gasteiger partial charge in [-0.15, -0.1) is 22.7 Å². The highest BCUT2D eigenvalue weighted by molar-refractivity contribution is 7.23. The molecule has 2 fully saturated rings. The van der Waals surface area contributed by atoms with Crippen molar-refractivity contribution < 1.29 is 29.0 Å². The number of aromatic amines is 2. The van der Waals surface area contributed by atoms with Gasteiger partial charge in [0, 0.05) is 32.5 Å². The number of benzene rings is 1. The third-order valence-electron chi connectivity index (χ3n) is 10.2. The van der Waals surface area contributed by atoms with Crippen LogP contribution in [0.4, 0.5) is 9.59 Å². The molecule has 1 unspecified atom stereocenters. The van der Waals surface area contributed by atoms with E-state index in [4.69, 9.17) is 24.7 Å². The second-order valence-electron chi connectivity index (χ2n) is 14.5. The molecule has 7 rings (SSSR count). The number of methoxy groups -OCH3 is 1. The highest BCUT2D eigenvalue weighted by atomic mass is 32.1. The summed E-state index contributed by atoms with van der Waals surface area (Å²) in [6.45, 7) is 8.59. The number of amides is 4. The first-order chi connectivity index (χ1) is 25.8. The summed E-state index contributed by atoms with van der Waals surface area (Å²) < 4.78 is 6.66. The summed E-state index contributed by atoms with van der Waals surface area (Å²) in [5.41, 5.74) is 3.00. The van der Waals surface area contributed by atoms with E-state index in [1.807, 2.05) is 52.2 Å². The molecule has 4 atom stereocenters. The van der Waals surface area contributed by atoms with Crippen LogP contribution in [0, 0.1) is 11.8 Å². The number of nitrogens with one attached hydrogen (secondary N) is 3. The lowest BCUT2D eigenvalue weighted by atomic mass is 10.0. The van der Waals surface area contributed by atoms with E-state index >= 15 is 0 Å². The summed E-state index contributed by atoms with van der Waals surface area (Å²) in [5, 5.41) is 13.8. The normalized spacial score (nSPS) is 18.6. The van der Waals surface area contributed by atoms with Gasteiger partial charge in [0.15, 0.2) is 0 Å². The maximum Gasteiger partial charge on any atom is 0.407 e. The van der Waals surface area contributed by atoms with Gasteiger partial charge in [0.1, 0.15) is 45.1 Å². The first kappa shape index (κ1) is 37.2. The molecule has 4 N–H and O–H groups in total. The lowest BCUT2D eigenvalue weighted by Crippen LogP contribution is -2.51. The predicted octanol–water partition coefficient (Wildman–Crippen LogP) is 6.03. The minimum Gasteiger partial charge on any atom is -0.465 e. The van der Waals surface area contributed by atoms with Gasteiger partial charge < -0.3 is 34.9 Å². The van der Waals surface area contributed by atoms with E-state index in [-0.39, 0.29) is 35.7 Å². The number of fused-ring (bicyclic) bond motifs is 2. The summed E-state index contributed by atoms with van der Waals surface area (Å²) >= 11 is 3.02. The van der Waals surface area contributed by atoms with Gasteiger partial charge in [-0.05, 0) is 49.7 Å². The van der Waals surface area contributed by atoms with Crippen LogP contribution in [0.25, 0.3) is 41.8 Å². The number of hydrogen-bond donors (Lipinski definition) is 4. The number of ether oxygens (including phenoxy) is 1. The van der Waals surface area contributed by atoms with Crippen LogP contribution in [0.1, 0.15) is 77.1 Å². The van der Waals surface area contributed by atoms with Crippen LogP contribution in [0.3, 0.4) is 0 Å². The fraction of sp³-hybridized carbons (Fsp3) is 0.500. The van der Waals surface area contributed by atoms with Crippen LogP contribution in [0.15, 0.2) is 24.5 Å². The van der Waals surface area contributed by atoms with Gasteiger partial charge in [-0.2, -0.15) is 0 Å². The Labute approximate surface area is 319 Å². The van der Waals surface area contributed by atoms with Gasteiger partial charge >= 0.3 is 12.2 Å². The number of likely N-dealkylation sites (N-methyl/N-ethyl adjacent to an activating group) is 1. The van der Waals surface area contributed by atoms with Gasteiger partial charge in [-0.3, -0.25) is 14.5 Å². The molecular formula is C36H44N10O6S2. The number of carbonyl (C=O) groups is 4. The van der Waals surface area contributed by atoms with E-state index in [2.05, 4.69) is 15.3 Å². The summed E-state index contributed by atoms with van der Waals surface area (Å²) in [4.78, 5) is 81.6. The number of thiazole rings is 2. The maximum atomic E-state index is 13.6. The fourth-order valence-corrected chi connectivity index (χ4v) is 9.38. The lowest BCUT2D eigenvalue weighted by molar-refractivity contribution is -0.138. The molecule has 0 saturated carbocycles. The Hall–Kier alpha value is -5.10. The smallest absolute Gasteiger partial charge is 0.407 e. The van der Waals surface area contributed by atoms with Crippen molar-refractivity contribution in [2.75, 3.05) is 27.2 Å². The van der Waals surface area contributed by atoms with Crippen LogP contribution < -0.4 is 5.32 Å². The zero-order valence-electron chi connectivity index (χ0n) is 31.0. The maximum absolute atomic E-state index is 13.6. The van der Waals surface area contributed by atoms with E-state index < -0.39 is 24.3 Å². The zero-order chi connectivity index (χ0) is 38.4. The van der Waals surface area contributed by atoms with Crippen LogP contribution in [-0.4, -0.2) is 113 Å². The third kappa shape index (κ3) is 6.99. The Kier molecular flexibility index (Phi) is 10.3. The quantitative estimate of drug-likeness (QED) is 0.130. The molecule has 1 aromatic carbocycles. The van der Waals surface area contributed by atoms with Crippen LogP contribution >= 0.6 is 22.7 Å². The van der Waals surface area contributed by atoms with Crippen molar-refractivity contribution in [2.24, 2.45) is 11.8 Å². The molecule has 0 bridgehead atoms. The Bertz CT molecular complexity index is 2160. The topological polar surface area (TPSA) is 203 Å². The average molecular weight is 777 g/mol. The molecule has 6 heterocycles. The predicted molar refractivity (Wildman–Crippen MR) is 204 cm³/mol. The van der Waals surface area contributed by atoms with E-state index in [9.17, 15) is 24.3 Å². The molecule has 4 aromatic heterocycles. The first-order valence-electron chi connectivity index (χ1n) is 18.1. The largest absolute Gasteiger partial charge is 0.465 e. The summed E-state index contributed by atoms with van der Waals surface area (Å²) in [5.74, 6) is 0.652. The monoisotopic (exact) mass is 776 g/mol. The van der Waals surface area contributed by atoms with E-state index in [0.717, 1.165) is 61.0 Å². The lowest BCUT2D eigenvalue weighted by Gasteiger charge is -2.33. The van der Waals surface area contributed by atoms with Gasteiger partial charge in [0.25, 0.3) is 0 Å². The Morgan fingerprint density at radius 1 is 0.833 bits per heavy atom. The van der Waals surface area contributed by atoms with Gasteiger partial charge in [0.05, 0.1) is 39.6 Å². The molecule has 0 aliphatic carbocycles. The average Bonchev–Trinajstić information content (AvgIpc) is 3.98. The second kappa shape index (κ2) is 15.0. The minimum atomic E-state index is -1.13. The van der Waals surface area contributed by atoms with Crippen LogP contribution in [-0.2, 0) is 14.3 Å². The number of carbonyl (C=O) groups excluding carboxylic acids is 3. The van der Waals surface area contributed by atoms with E-state index in [0.29, 0.717) is 36.1 Å². The Balaban J connectivity index is 1.08. The molecule has 4 amide bonds. The number of carboxylic acid groups (broad SMARTS) is 1. The Morgan fingerprint density at radius 3 is 1.78 bits per heavy atom. The number of alkyl carbamates (subject to hydrolysis) is 1. The molecule has 2 saturated heterocycles. The molecule has 16 nitrogen and oxygen atoms in total. The summed E-state index contributed by atoms with van der Waals surface area (Å²) in [6, 6.07) is 2.02. The number of imidazole rings is 2. The second-order valence-corrected chi connectivity index (χ2v) is 16.5. The number of H-pyrrole nitrogens is 2. The SMILES string of the molecule is COC(=O)N[C@H](C(=O)N1CCCC1c1nc(-c2nc3cc4sc(-c5c[nH]c([C@@H]6CCCN6C(=O)[C@H](C(C)C)N(C)C(=O)O)n5)nc4cc3s2)c[nH]1)C(C)C.